The highest BCUT2D eigenvalue weighted by Gasteiger charge is 2.26. The molecule has 1 aliphatic heterocycles. The first-order valence-corrected chi connectivity index (χ1v) is 8.98. The van der Waals surface area contributed by atoms with Crippen LogP contribution in [-0.4, -0.2) is 33.9 Å². The van der Waals surface area contributed by atoms with Gasteiger partial charge in [0.15, 0.2) is 0 Å². The summed E-state index contributed by atoms with van der Waals surface area (Å²) in [5.41, 5.74) is 3.71. The van der Waals surface area contributed by atoms with Crippen LogP contribution in [0, 0.1) is 0 Å². The molecule has 1 saturated heterocycles. The minimum absolute atomic E-state index is 0.0855. The van der Waals surface area contributed by atoms with Gasteiger partial charge in [-0.05, 0) is 54.7 Å². The molecule has 5 nitrogen and oxygen atoms in total. The number of H-pyrrole nitrogens is 1. The molecule has 1 aromatic carbocycles. The van der Waals surface area contributed by atoms with Gasteiger partial charge < -0.3 is 14.3 Å². The van der Waals surface area contributed by atoms with Crippen molar-refractivity contribution in [2.24, 2.45) is 0 Å². The molecule has 0 unspecified atom stereocenters. The fraction of sp³-hybridized carbons (Fsp3) is 0.238. The van der Waals surface area contributed by atoms with Gasteiger partial charge in [-0.1, -0.05) is 6.07 Å². The summed E-state index contributed by atoms with van der Waals surface area (Å²) >= 11 is 0. The molecule has 1 amide bonds. The van der Waals surface area contributed by atoms with Crippen molar-refractivity contribution in [3.63, 3.8) is 0 Å². The molecule has 0 spiro atoms. The Kier molecular flexibility index (Phi) is 3.52. The lowest BCUT2D eigenvalue weighted by Gasteiger charge is -2.32. The Labute approximate surface area is 150 Å². The van der Waals surface area contributed by atoms with Crippen LogP contribution in [0.3, 0.4) is 0 Å². The van der Waals surface area contributed by atoms with Crippen LogP contribution < -0.4 is 0 Å². The van der Waals surface area contributed by atoms with Crippen molar-refractivity contribution < 1.29 is 9.21 Å². The summed E-state index contributed by atoms with van der Waals surface area (Å²) in [5.74, 6) is 0.548. The maximum absolute atomic E-state index is 12.8. The Balaban J connectivity index is 1.32. The number of benzene rings is 1. The van der Waals surface area contributed by atoms with E-state index in [4.69, 9.17) is 4.42 Å². The number of piperidine rings is 1. The number of pyridine rings is 1. The summed E-state index contributed by atoms with van der Waals surface area (Å²) in [6.45, 7) is 1.54. The van der Waals surface area contributed by atoms with E-state index in [1.807, 2.05) is 35.2 Å². The Morgan fingerprint density at radius 1 is 1.19 bits per heavy atom. The molecule has 130 valence electrons. The van der Waals surface area contributed by atoms with Gasteiger partial charge in [0.2, 0.25) is 0 Å². The molecule has 3 aromatic heterocycles. The third kappa shape index (κ3) is 2.47. The topological polar surface area (TPSA) is 62.1 Å². The fourth-order valence-electron chi connectivity index (χ4n) is 3.98. The molecule has 4 aromatic rings. The van der Waals surface area contributed by atoms with Crippen LogP contribution >= 0.6 is 0 Å². The monoisotopic (exact) mass is 345 g/mol. The highest BCUT2D eigenvalue weighted by molar-refractivity contribution is 5.97. The van der Waals surface area contributed by atoms with Crippen molar-refractivity contribution in [1.82, 2.24) is 14.9 Å². The number of likely N-dealkylation sites (tertiary alicyclic amines) is 1. The van der Waals surface area contributed by atoms with E-state index in [9.17, 15) is 4.79 Å². The number of fused-ring (bicyclic) bond motifs is 2. The number of nitrogens with zero attached hydrogens (tertiary/aromatic N) is 2. The molecule has 1 fully saturated rings. The van der Waals surface area contributed by atoms with Crippen LogP contribution in [-0.2, 0) is 0 Å². The Morgan fingerprint density at radius 3 is 2.96 bits per heavy atom. The Bertz CT molecular complexity index is 1090. The van der Waals surface area contributed by atoms with E-state index < -0.39 is 0 Å². The number of aromatic nitrogens is 2. The second-order valence-electron chi connectivity index (χ2n) is 6.88. The highest BCUT2D eigenvalue weighted by Crippen LogP contribution is 2.33. The molecule has 0 bridgehead atoms. The van der Waals surface area contributed by atoms with E-state index >= 15 is 0 Å². The Hall–Kier alpha value is -3.08. The van der Waals surface area contributed by atoms with Gasteiger partial charge in [-0.2, -0.15) is 0 Å². The average Bonchev–Trinajstić information content (AvgIpc) is 3.34. The van der Waals surface area contributed by atoms with Crippen molar-refractivity contribution >= 4 is 27.9 Å². The normalized spacial score (nSPS) is 15.8. The van der Waals surface area contributed by atoms with Crippen LogP contribution in [0.15, 0.2) is 59.5 Å². The summed E-state index contributed by atoms with van der Waals surface area (Å²) in [7, 11) is 0. The van der Waals surface area contributed by atoms with Gasteiger partial charge in [-0.25, -0.2) is 4.98 Å². The lowest BCUT2D eigenvalue weighted by atomic mass is 9.89. The average molecular weight is 345 g/mol. The number of furan rings is 1. The molecule has 5 rings (SSSR count). The predicted octanol–water partition coefficient (Wildman–Crippen LogP) is 4.33. The van der Waals surface area contributed by atoms with Crippen LogP contribution in [0.5, 0.6) is 0 Å². The van der Waals surface area contributed by atoms with E-state index in [1.54, 1.807) is 12.5 Å². The van der Waals surface area contributed by atoms with Crippen molar-refractivity contribution in [2.45, 2.75) is 18.8 Å². The lowest BCUT2D eigenvalue weighted by molar-refractivity contribution is 0.0713. The molecule has 26 heavy (non-hydrogen) atoms. The third-order valence-corrected chi connectivity index (χ3v) is 5.41. The van der Waals surface area contributed by atoms with Gasteiger partial charge in [-0.3, -0.25) is 4.79 Å². The maximum Gasteiger partial charge on any atom is 0.253 e. The van der Waals surface area contributed by atoms with Gasteiger partial charge in [0.1, 0.15) is 11.2 Å². The number of carbonyl (C=O) groups excluding carboxylic acids is 1. The largest absolute Gasteiger partial charge is 0.464 e. The number of nitrogens with one attached hydrogen (secondary N) is 1. The first-order valence-electron chi connectivity index (χ1n) is 8.98. The summed E-state index contributed by atoms with van der Waals surface area (Å²) in [6.07, 6.45) is 7.47. The number of aromatic amines is 1. The summed E-state index contributed by atoms with van der Waals surface area (Å²) in [4.78, 5) is 22.4. The minimum atomic E-state index is 0.0855. The number of rotatable bonds is 2. The van der Waals surface area contributed by atoms with E-state index in [0.717, 1.165) is 42.5 Å². The van der Waals surface area contributed by atoms with Crippen molar-refractivity contribution in [2.75, 3.05) is 13.1 Å². The zero-order chi connectivity index (χ0) is 17.5. The SMILES string of the molecule is O=C(c1ccc2ccoc2c1)N1CCC(c2c[nH]c3ncccc23)CC1. The standard InChI is InChI=1S/C21H19N3O2/c25-21(16-4-3-15-7-11-26-19(15)12-16)24-9-5-14(6-10-24)18-13-23-20-17(18)2-1-8-22-20/h1-4,7-8,11-14H,5-6,9-10H2,(H,22,23). The quantitative estimate of drug-likeness (QED) is 0.588. The zero-order valence-corrected chi connectivity index (χ0v) is 14.3. The molecule has 1 aliphatic rings. The predicted molar refractivity (Wildman–Crippen MR) is 100 cm³/mol. The number of amides is 1. The van der Waals surface area contributed by atoms with Crippen molar-refractivity contribution in [3.05, 3.63) is 66.2 Å². The van der Waals surface area contributed by atoms with Gasteiger partial charge in [0.25, 0.3) is 5.91 Å². The highest BCUT2D eigenvalue weighted by atomic mass is 16.3. The van der Waals surface area contributed by atoms with Gasteiger partial charge in [-0.15, -0.1) is 0 Å². The van der Waals surface area contributed by atoms with Crippen molar-refractivity contribution in [1.29, 1.82) is 0 Å². The molecule has 1 N–H and O–H groups in total. The minimum Gasteiger partial charge on any atom is -0.464 e. The van der Waals surface area contributed by atoms with E-state index in [-0.39, 0.29) is 5.91 Å². The zero-order valence-electron chi connectivity index (χ0n) is 14.3. The van der Waals surface area contributed by atoms with Crippen LogP contribution in [0.2, 0.25) is 0 Å². The Morgan fingerprint density at radius 2 is 2.08 bits per heavy atom. The van der Waals surface area contributed by atoms with E-state index in [2.05, 4.69) is 22.2 Å². The molecule has 4 heterocycles. The third-order valence-electron chi connectivity index (χ3n) is 5.41. The lowest BCUT2D eigenvalue weighted by Crippen LogP contribution is -2.37. The number of hydrogen-bond donors (Lipinski definition) is 1. The molecular formula is C21H19N3O2. The first kappa shape index (κ1) is 15.2. The molecular weight excluding hydrogens is 326 g/mol. The molecule has 0 atom stereocenters. The summed E-state index contributed by atoms with van der Waals surface area (Å²) in [5, 5.41) is 2.22. The van der Waals surface area contributed by atoms with E-state index in [1.165, 1.54) is 10.9 Å². The molecule has 0 radical (unpaired) electrons. The van der Waals surface area contributed by atoms with Gasteiger partial charge in [0.05, 0.1) is 6.26 Å². The maximum atomic E-state index is 12.8. The van der Waals surface area contributed by atoms with Crippen LogP contribution in [0.1, 0.15) is 34.7 Å². The van der Waals surface area contributed by atoms with Crippen LogP contribution in [0.4, 0.5) is 0 Å². The number of hydrogen-bond acceptors (Lipinski definition) is 3. The fourth-order valence-corrected chi connectivity index (χ4v) is 3.98. The first-order chi connectivity index (χ1) is 12.8. The smallest absolute Gasteiger partial charge is 0.253 e. The van der Waals surface area contributed by atoms with Crippen LogP contribution in [0.25, 0.3) is 22.0 Å². The number of carbonyl (C=O) groups is 1. The second-order valence-corrected chi connectivity index (χ2v) is 6.88. The second kappa shape index (κ2) is 6.02. The molecule has 0 saturated carbocycles. The van der Waals surface area contributed by atoms with Gasteiger partial charge >= 0.3 is 0 Å². The molecule has 5 heteroatoms. The molecule has 0 aliphatic carbocycles. The van der Waals surface area contributed by atoms with E-state index in [0.29, 0.717) is 11.5 Å². The van der Waals surface area contributed by atoms with Gasteiger partial charge in [0, 0.05) is 41.8 Å². The summed E-state index contributed by atoms with van der Waals surface area (Å²) < 4.78 is 5.42. The summed E-state index contributed by atoms with van der Waals surface area (Å²) in [6, 6.07) is 11.7. The van der Waals surface area contributed by atoms with Crippen molar-refractivity contribution in [3.8, 4) is 0 Å².